The van der Waals surface area contributed by atoms with Crippen LogP contribution in [0.25, 0.3) is 5.69 Å². The number of rotatable bonds is 2. The first kappa shape index (κ1) is 10.7. The van der Waals surface area contributed by atoms with E-state index in [9.17, 15) is 13.6 Å². The van der Waals surface area contributed by atoms with Gasteiger partial charge in [0.2, 0.25) is 4.77 Å². The Balaban J connectivity index is 2.74. The van der Waals surface area contributed by atoms with Crippen molar-refractivity contribution >= 4 is 12.2 Å². The van der Waals surface area contributed by atoms with Crippen LogP contribution in [0.3, 0.4) is 0 Å². The molecule has 0 aliphatic rings. The summed E-state index contributed by atoms with van der Waals surface area (Å²) in [4.78, 5) is 11.4. The van der Waals surface area contributed by atoms with E-state index >= 15 is 0 Å². The highest BCUT2D eigenvalue weighted by molar-refractivity contribution is 7.71. The quantitative estimate of drug-likeness (QED) is 0.794. The van der Waals surface area contributed by atoms with Gasteiger partial charge in [0.15, 0.2) is 0 Å². The van der Waals surface area contributed by atoms with Gasteiger partial charge in [-0.2, -0.15) is 0 Å². The molecule has 0 saturated heterocycles. The molecule has 7 heteroatoms. The molecule has 0 saturated carbocycles. The van der Waals surface area contributed by atoms with Crippen LogP contribution in [0.5, 0.6) is 0 Å². The fourth-order valence-corrected chi connectivity index (χ4v) is 1.64. The van der Waals surface area contributed by atoms with Gasteiger partial charge in [-0.3, -0.25) is 5.10 Å². The molecule has 0 bridgehead atoms. The summed E-state index contributed by atoms with van der Waals surface area (Å²) in [5.74, 6) is 0. The minimum atomic E-state index is -2.66. The summed E-state index contributed by atoms with van der Waals surface area (Å²) in [6.45, 7) is 0. The number of aromatic nitrogens is 3. The molecule has 0 fully saturated rings. The van der Waals surface area contributed by atoms with Crippen LogP contribution in [0.4, 0.5) is 8.78 Å². The van der Waals surface area contributed by atoms with E-state index in [0.29, 0.717) is 0 Å². The zero-order chi connectivity index (χ0) is 11.7. The number of para-hydroxylation sites is 1. The SMILES string of the molecule is O=c1[nH][nH]c(=S)n1-c1ccccc1C(F)F. The molecular weight excluding hydrogens is 236 g/mol. The molecule has 0 spiro atoms. The topological polar surface area (TPSA) is 53.6 Å². The van der Waals surface area contributed by atoms with Crippen LogP contribution in [0.2, 0.25) is 0 Å². The summed E-state index contributed by atoms with van der Waals surface area (Å²) >= 11 is 4.83. The van der Waals surface area contributed by atoms with Crippen molar-refractivity contribution < 1.29 is 8.78 Å². The summed E-state index contributed by atoms with van der Waals surface area (Å²) in [7, 11) is 0. The van der Waals surface area contributed by atoms with Gasteiger partial charge in [-0.25, -0.2) is 23.2 Å². The minimum absolute atomic E-state index is 0.0538. The van der Waals surface area contributed by atoms with Crippen molar-refractivity contribution in [2.75, 3.05) is 0 Å². The molecule has 1 heterocycles. The van der Waals surface area contributed by atoms with Crippen LogP contribution in [0.1, 0.15) is 12.0 Å². The molecule has 1 aromatic carbocycles. The summed E-state index contributed by atoms with van der Waals surface area (Å²) in [5, 5.41) is 4.63. The third-order valence-corrected chi connectivity index (χ3v) is 2.38. The van der Waals surface area contributed by atoms with Crippen molar-refractivity contribution in [3.05, 3.63) is 45.1 Å². The monoisotopic (exact) mass is 243 g/mol. The Hall–Kier alpha value is -1.76. The van der Waals surface area contributed by atoms with E-state index in [-0.39, 0.29) is 16.0 Å². The first-order valence-corrected chi connectivity index (χ1v) is 4.79. The number of hydrogen-bond acceptors (Lipinski definition) is 2. The lowest BCUT2D eigenvalue weighted by atomic mass is 10.2. The molecule has 84 valence electrons. The lowest BCUT2D eigenvalue weighted by Crippen LogP contribution is -2.16. The molecule has 2 rings (SSSR count). The normalized spacial score (nSPS) is 10.9. The molecular formula is C9H7F2N3OS. The summed E-state index contributed by atoms with van der Waals surface area (Å²) in [6, 6.07) is 5.72. The summed E-state index contributed by atoms with van der Waals surface area (Å²) in [5.41, 5.74) is -0.716. The fraction of sp³-hybridized carbons (Fsp3) is 0.111. The van der Waals surface area contributed by atoms with Crippen molar-refractivity contribution in [3.8, 4) is 5.69 Å². The van der Waals surface area contributed by atoms with Crippen LogP contribution in [0, 0.1) is 4.77 Å². The average molecular weight is 243 g/mol. The van der Waals surface area contributed by atoms with E-state index in [2.05, 4.69) is 10.2 Å². The maximum atomic E-state index is 12.7. The minimum Gasteiger partial charge on any atom is -0.272 e. The van der Waals surface area contributed by atoms with Gasteiger partial charge in [0, 0.05) is 5.56 Å². The number of aromatic amines is 2. The van der Waals surface area contributed by atoms with E-state index < -0.39 is 12.1 Å². The number of nitrogens with zero attached hydrogens (tertiary/aromatic N) is 1. The van der Waals surface area contributed by atoms with Gasteiger partial charge < -0.3 is 0 Å². The summed E-state index contributed by atoms with van der Waals surface area (Å²) < 4.78 is 26.5. The zero-order valence-electron chi connectivity index (χ0n) is 7.91. The predicted molar refractivity (Wildman–Crippen MR) is 56.5 cm³/mol. The third kappa shape index (κ3) is 1.69. The highest BCUT2D eigenvalue weighted by Gasteiger charge is 2.15. The maximum absolute atomic E-state index is 12.7. The van der Waals surface area contributed by atoms with E-state index in [0.717, 1.165) is 4.57 Å². The molecule has 4 nitrogen and oxygen atoms in total. The van der Waals surface area contributed by atoms with Crippen molar-refractivity contribution in [3.63, 3.8) is 0 Å². The van der Waals surface area contributed by atoms with Gasteiger partial charge in [-0.15, -0.1) is 0 Å². The fourth-order valence-electron chi connectivity index (χ4n) is 1.41. The van der Waals surface area contributed by atoms with Crippen molar-refractivity contribution in [2.45, 2.75) is 6.43 Å². The Bertz CT molecular complexity index is 586. The van der Waals surface area contributed by atoms with E-state index in [1.165, 1.54) is 18.2 Å². The molecule has 0 amide bonds. The second-order valence-corrected chi connectivity index (χ2v) is 3.44. The first-order valence-electron chi connectivity index (χ1n) is 4.38. The highest BCUT2D eigenvalue weighted by Crippen LogP contribution is 2.24. The number of H-pyrrole nitrogens is 2. The maximum Gasteiger partial charge on any atom is 0.347 e. The molecule has 0 aliphatic heterocycles. The Labute approximate surface area is 93.5 Å². The zero-order valence-corrected chi connectivity index (χ0v) is 8.72. The molecule has 16 heavy (non-hydrogen) atoms. The van der Waals surface area contributed by atoms with Crippen LogP contribution in [-0.4, -0.2) is 14.8 Å². The van der Waals surface area contributed by atoms with Gasteiger partial charge in [0.1, 0.15) is 0 Å². The van der Waals surface area contributed by atoms with Crippen molar-refractivity contribution in [1.82, 2.24) is 14.8 Å². The highest BCUT2D eigenvalue weighted by atomic mass is 32.1. The molecule has 0 unspecified atom stereocenters. The Morgan fingerprint density at radius 3 is 2.50 bits per heavy atom. The van der Waals surface area contributed by atoms with E-state index in [4.69, 9.17) is 12.2 Å². The molecule has 2 aromatic rings. The Morgan fingerprint density at radius 2 is 1.94 bits per heavy atom. The molecule has 0 aliphatic carbocycles. The van der Waals surface area contributed by atoms with Gasteiger partial charge in [0.05, 0.1) is 5.69 Å². The number of benzene rings is 1. The first-order chi connectivity index (χ1) is 7.61. The number of hydrogen-bond donors (Lipinski definition) is 2. The molecule has 1 aromatic heterocycles. The number of halogens is 2. The standard InChI is InChI=1S/C9H7F2N3OS/c10-7(11)5-3-1-2-4-6(5)14-8(15)12-13-9(14)16/h1-4,7H,(H,12,15)(H,13,16). The molecule has 0 radical (unpaired) electrons. The molecule has 0 atom stereocenters. The lowest BCUT2D eigenvalue weighted by molar-refractivity contribution is 0.151. The van der Waals surface area contributed by atoms with Crippen LogP contribution < -0.4 is 5.69 Å². The number of alkyl halides is 2. The second kappa shape index (κ2) is 4.01. The largest absolute Gasteiger partial charge is 0.347 e. The Kier molecular flexibility index (Phi) is 2.69. The van der Waals surface area contributed by atoms with Crippen LogP contribution >= 0.6 is 12.2 Å². The van der Waals surface area contributed by atoms with Gasteiger partial charge in [0.25, 0.3) is 6.43 Å². The van der Waals surface area contributed by atoms with Gasteiger partial charge >= 0.3 is 5.69 Å². The van der Waals surface area contributed by atoms with Crippen molar-refractivity contribution in [2.24, 2.45) is 0 Å². The Morgan fingerprint density at radius 1 is 1.25 bits per heavy atom. The van der Waals surface area contributed by atoms with E-state index in [1.54, 1.807) is 6.07 Å². The average Bonchev–Trinajstić information content (AvgIpc) is 2.58. The smallest absolute Gasteiger partial charge is 0.272 e. The van der Waals surface area contributed by atoms with Crippen LogP contribution in [-0.2, 0) is 0 Å². The van der Waals surface area contributed by atoms with E-state index in [1.807, 2.05) is 0 Å². The molecule has 2 N–H and O–H groups in total. The van der Waals surface area contributed by atoms with Gasteiger partial charge in [-0.1, -0.05) is 18.2 Å². The second-order valence-electron chi connectivity index (χ2n) is 3.06. The van der Waals surface area contributed by atoms with Crippen LogP contribution in [0.15, 0.2) is 29.1 Å². The summed E-state index contributed by atoms with van der Waals surface area (Å²) in [6.07, 6.45) is -2.66. The van der Waals surface area contributed by atoms with Gasteiger partial charge in [-0.05, 0) is 18.3 Å². The number of nitrogens with one attached hydrogen (secondary N) is 2. The van der Waals surface area contributed by atoms with Crippen molar-refractivity contribution in [1.29, 1.82) is 0 Å². The predicted octanol–water partition coefficient (Wildman–Crippen LogP) is 2.16. The third-order valence-electron chi connectivity index (χ3n) is 2.10. The lowest BCUT2D eigenvalue weighted by Gasteiger charge is -2.07.